The van der Waals surface area contributed by atoms with Crippen molar-refractivity contribution in [2.24, 2.45) is 0 Å². The van der Waals surface area contributed by atoms with Gasteiger partial charge < -0.3 is 10.6 Å². The molecule has 6 nitrogen and oxygen atoms in total. The van der Waals surface area contributed by atoms with E-state index in [1.807, 2.05) is 6.92 Å². The van der Waals surface area contributed by atoms with Gasteiger partial charge in [0.05, 0.1) is 5.69 Å². The number of carbonyl (C=O) groups is 2. The highest BCUT2D eigenvalue weighted by Gasteiger charge is 2.19. The number of carbonyl (C=O) groups excluding carboxylic acids is 2. The first-order chi connectivity index (χ1) is 14.0. The van der Waals surface area contributed by atoms with Crippen LogP contribution in [0, 0.1) is 12.7 Å². The number of aromatic nitrogens is 2. The Labute approximate surface area is 170 Å². The zero-order valence-electron chi connectivity index (χ0n) is 16.9. The fourth-order valence-corrected chi connectivity index (χ4v) is 3.52. The Balaban J connectivity index is 1.78. The van der Waals surface area contributed by atoms with Crippen LogP contribution in [0.3, 0.4) is 0 Å². The summed E-state index contributed by atoms with van der Waals surface area (Å²) in [5.41, 5.74) is 1.75. The second-order valence-corrected chi connectivity index (χ2v) is 7.50. The summed E-state index contributed by atoms with van der Waals surface area (Å²) in [6.45, 7) is 4.10. The number of benzene rings is 1. The van der Waals surface area contributed by atoms with Crippen molar-refractivity contribution in [3.8, 4) is 11.3 Å². The Hall–Kier alpha value is -2.83. The van der Waals surface area contributed by atoms with E-state index < -0.39 is 5.82 Å². The standard InChI is InChI=1S/C22H27FN4O2/c1-3-11-24-21(28)15-12-17(14(2)18(23)13-15)19-9-10-20(27-26-19)22(29)25-16-7-5-4-6-8-16/h9-10,12-13,16H,3-8,11H2,1-2H3,(H,24,28)(H,25,29). The molecule has 1 aliphatic rings. The number of hydrogen-bond donors (Lipinski definition) is 2. The summed E-state index contributed by atoms with van der Waals surface area (Å²) < 4.78 is 14.4. The predicted molar refractivity (Wildman–Crippen MR) is 109 cm³/mol. The third-order valence-corrected chi connectivity index (χ3v) is 5.26. The molecule has 3 rings (SSSR count). The quantitative estimate of drug-likeness (QED) is 0.775. The minimum atomic E-state index is -0.481. The third kappa shape index (κ3) is 5.16. The summed E-state index contributed by atoms with van der Waals surface area (Å²) in [7, 11) is 0. The maximum Gasteiger partial charge on any atom is 0.272 e. The number of halogens is 1. The summed E-state index contributed by atoms with van der Waals surface area (Å²) in [5.74, 6) is -1.06. The van der Waals surface area contributed by atoms with Gasteiger partial charge in [0, 0.05) is 23.7 Å². The number of rotatable bonds is 6. The lowest BCUT2D eigenvalue weighted by molar-refractivity contribution is 0.0919. The van der Waals surface area contributed by atoms with Gasteiger partial charge in [-0.2, -0.15) is 0 Å². The molecule has 2 amide bonds. The Morgan fingerprint density at radius 1 is 1.10 bits per heavy atom. The highest BCUT2D eigenvalue weighted by molar-refractivity contribution is 5.96. The Morgan fingerprint density at radius 2 is 1.86 bits per heavy atom. The number of nitrogens with zero attached hydrogens (tertiary/aromatic N) is 2. The van der Waals surface area contributed by atoms with Crippen LogP contribution in [0.1, 0.15) is 71.9 Å². The lowest BCUT2D eigenvalue weighted by Gasteiger charge is -2.22. The molecule has 2 N–H and O–H groups in total. The van der Waals surface area contributed by atoms with E-state index in [-0.39, 0.29) is 29.1 Å². The van der Waals surface area contributed by atoms with Gasteiger partial charge in [0.2, 0.25) is 0 Å². The second-order valence-electron chi connectivity index (χ2n) is 7.50. The highest BCUT2D eigenvalue weighted by Crippen LogP contribution is 2.25. The molecular formula is C22H27FN4O2. The topological polar surface area (TPSA) is 84.0 Å². The Morgan fingerprint density at radius 3 is 2.52 bits per heavy atom. The molecule has 29 heavy (non-hydrogen) atoms. The van der Waals surface area contributed by atoms with Crippen molar-refractivity contribution < 1.29 is 14.0 Å². The highest BCUT2D eigenvalue weighted by atomic mass is 19.1. The van der Waals surface area contributed by atoms with Crippen LogP contribution in [-0.4, -0.2) is 34.6 Å². The molecule has 1 heterocycles. The SMILES string of the molecule is CCCNC(=O)c1cc(F)c(C)c(-c2ccc(C(=O)NC3CCCCC3)nn2)c1. The van der Waals surface area contributed by atoms with Crippen LogP contribution < -0.4 is 10.6 Å². The number of nitrogens with one attached hydrogen (secondary N) is 2. The Bertz CT molecular complexity index is 877. The third-order valence-electron chi connectivity index (χ3n) is 5.26. The van der Waals surface area contributed by atoms with E-state index in [1.54, 1.807) is 25.1 Å². The molecule has 1 fully saturated rings. The lowest BCUT2D eigenvalue weighted by Crippen LogP contribution is -2.36. The van der Waals surface area contributed by atoms with Crippen LogP contribution in [0.25, 0.3) is 11.3 Å². The first kappa shape index (κ1) is 20.9. The largest absolute Gasteiger partial charge is 0.352 e. The van der Waals surface area contributed by atoms with Crippen LogP contribution in [-0.2, 0) is 0 Å². The van der Waals surface area contributed by atoms with Crippen molar-refractivity contribution in [2.45, 2.75) is 58.4 Å². The van der Waals surface area contributed by atoms with E-state index in [2.05, 4.69) is 20.8 Å². The van der Waals surface area contributed by atoms with Gasteiger partial charge in [-0.05, 0) is 56.0 Å². The smallest absolute Gasteiger partial charge is 0.272 e. The van der Waals surface area contributed by atoms with Crippen molar-refractivity contribution in [3.05, 3.63) is 46.9 Å². The van der Waals surface area contributed by atoms with Crippen molar-refractivity contribution in [1.29, 1.82) is 0 Å². The summed E-state index contributed by atoms with van der Waals surface area (Å²) >= 11 is 0. The van der Waals surface area contributed by atoms with Crippen molar-refractivity contribution >= 4 is 11.8 Å². The molecule has 154 valence electrons. The van der Waals surface area contributed by atoms with Crippen LogP contribution >= 0.6 is 0 Å². The number of amides is 2. The fourth-order valence-electron chi connectivity index (χ4n) is 3.52. The molecule has 0 bridgehead atoms. The molecular weight excluding hydrogens is 371 g/mol. The average molecular weight is 398 g/mol. The van der Waals surface area contributed by atoms with Crippen LogP contribution in [0.15, 0.2) is 24.3 Å². The molecule has 1 aromatic carbocycles. The van der Waals surface area contributed by atoms with Gasteiger partial charge in [0.25, 0.3) is 11.8 Å². The maximum atomic E-state index is 14.4. The number of hydrogen-bond acceptors (Lipinski definition) is 4. The Kier molecular flexibility index (Phi) is 6.90. The molecule has 0 radical (unpaired) electrons. The minimum Gasteiger partial charge on any atom is -0.352 e. The molecule has 0 atom stereocenters. The van der Waals surface area contributed by atoms with Gasteiger partial charge in [-0.1, -0.05) is 26.2 Å². The zero-order chi connectivity index (χ0) is 20.8. The molecule has 7 heteroatoms. The van der Waals surface area contributed by atoms with Crippen LogP contribution in [0.5, 0.6) is 0 Å². The van der Waals surface area contributed by atoms with Crippen LogP contribution in [0.2, 0.25) is 0 Å². The van der Waals surface area contributed by atoms with Gasteiger partial charge >= 0.3 is 0 Å². The molecule has 1 aliphatic carbocycles. The fraction of sp³-hybridized carbons (Fsp3) is 0.455. The lowest BCUT2D eigenvalue weighted by atomic mass is 9.95. The van der Waals surface area contributed by atoms with Gasteiger partial charge in [-0.3, -0.25) is 9.59 Å². The van der Waals surface area contributed by atoms with E-state index in [1.165, 1.54) is 12.5 Å². The first-order valence-corrected chi connectivity index (χ1v) is 10.2. The van der Waals surface area contributed by atoms with E-state index in [0.717, 1.165) is 32.1 Å². The zero-order valence-corrected chi connectivity index (χ0v) is 16.9. The first-order valence-electron chi connectivity index (χ1n) is 10.2. The van der Waals surface area contributed by atoms with Crippen molar-refractivity contribution in [1.82, 2.24) is 20.8 Å². The predicted octanol–water partition coefficient (Wildman–Crippen LogP) is 3.79. The van der Waals surface area contributed by atoms with E-state index in [9.17, 15) is 14.0 Å². The van der Waals surface area contributed by atoms with Gasteiger partial charge in [0.15, 0.2) is 5.69 Å². The van der Waals surface area contributed by atoms with Crippen LogP contribution in [0.4, 0.5) is 4.39 Å². The van der Waals surface area contributed by atoms with E-state index >= 15 is 0 Å². The summed E-state index contributed by atoms with van der Waals surface area (Å²) in [6.07, 6.45) is 6.24. The summed E-state index contributed by atoms with van der Waals surface area (Å²) in [6, 6.07) is 6.24. The minimum absolute atomic E-state index is 0.187. The van der Waals surface area contributed by atoms with E-state index in [0.29, 0.717) is 23.4 Å². The summed E-state index contributed by atoms with van der Waals surface area (Å²) in [5, 5.41) is 13.9. The monoisotopic (exact) mass is 398 g/mol. The molecule has 1 saturated carbocycles. The van der Waals surface area contributed by atoms with Gasteiger partial charge in [0.1, 0.15) is 5.82 Å². The van der Waals surface area contributed by atoms with Crippen molar-refractivity contribution in [3.63, 3.8) is 0 Å². The summed E-state index contributed by atoms with van der Waals surface area (Å²) in [4.78, 5) is 24.6. The maximum absolute atomic E-state index is 14.4. The molecule has 0 unspecified atom stereocenters. The van der Waals surface area contributed by atoms with E-state index in [4.69, 9.17) is 0 Å². The van der Waals surface area contributed by atoms with Gasteiger partial charge in [-0.15, -0.1) is 10.2 Å². The molecule has 0 saturated heterocycles. The normalized spacial score (nSPS) is 14.4. The molecule has 0 aliphatic heterocycles. The molecule has 1 aromatic heterocycles. The molecule has 0 spiro atoms. The molecule has 2 aromatic rings. The van der Waals surface area contributed by atoms with Crippen molar-refractivity contribution in [2.75, 3.05) is 6.54 Å². The van der Waals surface area contributed by atoms with Gasteiger partial charge in [-0.25, -0.2) is 4.39 Å². The second kappa shape index (κ2) is 9.58. The average Bonchev–Trinajstić information content (AvgIpc) is 2.74.